The number of amides is 6. The van der Waals surface area contributed by atoms with Gasteiger partial charge in [0.25, 0.3) is 35.4 Å². The molecule has 0 fully saturated rings. The molecule has 4 heterocycles. The lowest BCUT2D eigenvalue weighted by Gasteiger charge is -2.34. The van der Waals surface area contributed by atoms with E-state index in [0.29, 0.717) is 33.4 Å². The number of hydrogen-bond donors (Lipinski definition) is 0. The average molecular weight is 1260 g/mol. The molecule has 10 heteroatoms. The first kappa shape index (κ1) is 65.1. The third-order valence-electron chi connectivity index (χ3n) is 19.9. The molecule has 95 heavy (non-hydrogen) atoms. The highest BCUT2D eigenvalue weighted by Crippen LogP contribution is 2.43. The molecule has 0 saturated carbocycles. The molecule has 14 rings (SSSR count). The van der Waals surface area contributed by atoms with Crippen molar-refractivity contribution < 1.29 is 28.8 Å². The predicted molar refractivity (Wildman–Crippen MR) is 387 cm³/mol. The summed E-state index contributed by atoms with van der Waals surface area (Å²) in [5.74, 6) is -0.950. The molecule has 3 aliphatic heterocycles. The lowest BCUT2D eigenvalue weighted by atomic mass is 9.87. The van der Waals surface area contributed by atoms with E-state index in [1.807, 2.05) is 127 Å². The molecule has 0 saturated heterocycles. The summed E-state index contributed by atoms with van der Waals surface area (Å²) in [6, 6.07) is 62.3. The molecule has 10 nitrogen and oxygen atoms in total. The third-order valence-corrected chi connectivity index (χ3v) is 19.9. The lowest BCUT2D eigenvalue weighted by Crippen LogP contribution is -2.46. The summed E-state index contributed by atoms with van der Waals surface area (Å²) in [7, 11) is 0. The van der Waals surface area contributed by atoms with Crippen molar-refractivity contribution in [3.63, 3.8) is 0 Å². The van der Waals surface area contributed by atoms with Crippen molar-refractivity contribution in [1.29, 1.82) is 0 Å². The van der Waals surface area contributed by atoms with Crippen molar-refractivity contribution >= 4 is 89.3 Å². The minimum absolute atomic E-state index is 0.0511. The number of nitrogens with zero attached hydrogens (tertiary/aromatic N) is 4. The van der Waals surface area contributed by atoms with Crippen LogP contribution in [0.15, 0.2) is 200 Å². The van der Waals surface area contributed by atoms with Gasteiger partial charge in [-0.2, -0.15) is 0 Å². The molecule has 0 spiro atoms. The Hall–Kier alpha value is -9.93. The highest BCUT2D eigenvalue weighted by molar-refractivity contribution is 6.30. The highest BCUT2D eigenvalue weighted by atomic mass is 16.2. The Balaban J connectivity index is 0.000000137. The second-order valence-electron chi connectivity index (χ2n) is 25.6. The SMILES string of the molecule is CCCCCC(CC)N1C(=O)c2cccc3c(-c4ccc5ccccc5c4)ccc(c23)C1=O.CCCCCC(CC)N1C(=O)c2cccc3c(-c4cccc5ccccc45)ccc(c23)C1=O.CCCCCC(CC)N1C(=O)c2cccc3c(-c4ccncc4)ccc(c23)C1=O. The second kappa shape index (κ2) is 29.2. The Morgan fingerprint density at radius 3 is 1.05 bits per heavy atom. The Labute approximate surface area is 558 Å². The molecule has 6 amide bonds. The zero-order valence-electron chi connectivity index (χ0n) is 55.6. The summed E-state index contributed by atoms with van der Waals surface area (Å²) >= 11 is 0. The topological polar surface area (TPSA) is 125 Å². The number of imide groups is 3. The lowest BCUT2D eigenvalue weighted by molar-refractivity contribution is 0.0508. The maximum Gasteiger partial charge on any atom is 0.261 e. The van der Waals surface area contributed by atoms with Crippen LogP contribution in [-0.2, 0) is 0 Å². The zero-order chi connectivity index (χ0) is 66.3. The number of rotatable bonds is 21. The van der Waals surface area contributed by atoms with Crippen LogP contribution in [0.2, 0.25) is 0 Å². The standard InChI is InChI=1S/2C30H29NO2.C25H26N2O2/c1-3-5-6-13-21(4-2)31-29(32)26-17-10-16-25-24(18-19-27(28(25)26)30(31)33)23-15-9-12-20-11-7-8-14-22(20)23;1-3-5-6-12-23(4-2)31-29(32)26-14-9-13-25-24(17-18-27(28(25)26)30(31)33)22-16-15-20-10-7-8-11-21(20)19-22;1-3-5-6-8-18(4-2)27-24(28)21-10-7-9-20-19(17-13-15-26-16-14-17)11-12-22(23(20)21)25(27)29/h7-12,14-19,21H,3-6,13H2,1-2H3;7-11,13-19,23H,3-6,12H2,1-2H3;7,9-16,18H,3-6,8H2,1-2H3. The normalized spacial score (nSPS) is 14.4. The number of pyridine rings is 1. The number of unbranched alkanes of at least 4 members (excludes halogenated alkanes) is 6. The van der Waals surface area contributed by atoms with Crippen molar-refractivity contribution in [2.45, 2.75) is 156 Å². The number of fused-ring (bicyclic) bond motifs is 2. The summed E-state index contributed by atoms with van der Waals surface area (Å²) < 4.78 is 0. The van der Waals surface area contributed by atoms with Gasteiger partial charge in [0.15, 0.2) is 0 Å². The van der Waals surface area contributed by atoms with Gasteiger partial charge >= 0.3 is 0 Å². The molecule has 0 bridgehead atoms. The van der Waals surface area contributed by atoms with E-state index in [4.69, 9.17) is 0 Å². The maximum atomic E-state index is 13.6. The Morgan fingerprint density at radius 2 is 0.611 bits per heavy atom. The van der Waals surface area contributed by atoms with Crippen LogP contribution in [0.3, 0.4) is 0 Å². The molecule has 10 aromatic carbocycles. The quantitative estimate of drug-likeness (QED) is 0.0518. The van der Waals surface area contributed by atoms with E-state index in [1.165, 1.54) is 30.9 Å². The number of hydrogen-bond acceptors (Lipinski definition) is 7. The van der Waals surface area contributed by atoms with Gasteiger partial charge in [-0.15, -0.1) is 0 Å². The molecule has 0 N–H and O–H groups in total. The molecule has 11 aromatic rings. The molecular weight excluding hydrogens is 1170 g/mol. The van der Waals surface area contributed by atoms with Crippen molar-refractivity contribution in [2.75, 3.05) is 0 Å². The predicted octanol–water partition coefficient (Wildman–Crippen LogP) is 21.1. The van der Waals surface area contributed by atoms with Gasteiger partial charge < -0.3 is 0 Å². The van der Waals surface area contributed by atoms with Gasteiger partial charge in [0, 0.05) is 80.1 Å². The van der Waals surface area contributed by atoms with Crippen molar-refractivity contribution in [1.82, 2.24) is 19.7 Å². The summed E-state index contributed by atoms with van der Waals surface area (Å²) in [5.41, 5.74) is 10.1. The van der Waals surface area contributed by atoms with E-state index in [1.54, 1.807) is 12.4 Å². The Kier molecular flexibility index (Phi) is 20.0. The molecule has 480 valence electrons. The molecule has 3 unspecified atom stereocenters. The van der Waals surface area contributed by atoms with Gasteiger partial charge in [-0.25, -0.2) is 0 Å². The minimum Gasteiger partial charge on any atom is -0.271 e. The fraction of sp³-hybridized carbons (Fsp3) is 0.282. The van der Waals surface area contributed by atoms with Crippen LogP contribution in [-0.4, -0.2) is 73.3 Å². The van der Waals surface area contributed by atoms with Crippen LogP contribution in [0.5, 0.6) is 0 Å². The van der Waals surface area contributed by atoms with Crippen LogP contribution in [0, 0.1) is 0 Å². The van der Waals surface area contributed by atoms with E-state index in [2.05, 4.69) is 107 Å². The number of benzene rings is 10. The summed E-state index contributed by atoms with van der Waals surface area (Å²) in [5, 5.41) is 9.91. The first-order chi connectivity index (χ1) is 46.5. The van der Waals surface area contributed by atoms with E-state index >= 15 is 0 Å². The van der Waals surface area contributed by atoms with Crippen molar-refractivity contribution in [3.8, 4) is 33.4 Å². The van der Waals surface area contributed by atoms with E-state index in [9.17, 15) is 28.8 Å². The molecule has 3 atom stereocenters. The first-order valence-electron chi connectivity index (χ1n) is 34.6. The average Bonchev–Trinajstić information content (AvgIpc) is 0.756. The second-order valence-corrected chi connectivity index (χ2v) is 25.6. The van der Waals surface area contributed by atoms with Crippen LogP contribution in [0.4, 0.5) is 0 Å². The first-order valence-corrected chi connectivity index (χ1v) is 34.6. The molecule has 1 aromatic heterocycles. The number of carbonyl (C=O) groups is 6. The van der Waals surface area contributed by atoms with E-state index in [0.717, 1.165) is 167 Å². The van der Waals surface area contributed by atoms with Gasteiger partial charge in [0.05, 0.1) is 0 Å². The van der Waals surface area contributed by atoms with E-state index < -0.39 is 0 Å². The van der Waals surface area contributed by atoms with Gasteiger partial charge in [0.1, 0.15) is 0 Å². The highest BCUT2D eigenvalue weighted by Gasteiger charge is 2.40. The van der Waals surface area contributed by atoms with Gasteiger partial charge in [-0.1, -0.05) is 233 Å². The van der Waals surface area contributed by atoms with Crippen LogP contribution in [0.1, 0.15) is 200 Å². The maximum absolute atomic E-state index is 13.6. The van der Waals surface area contributed by atoms with Gasteiger partial charge in [0.2, 0.25) is 0 Å². The largest absolute Gasteiger partial charge is 0.271 e. The fourth-order valence-electron chi connectivity index (χ4n) is 14.9. The summed E-state index contributed by atoms with van der Waals surface area (Å²) in [6.07, 6.45) is 18.3. The fourth-order valence-corrected chi connectivity index (χ4v) is 14.9. The molecule has 0 aliphatic carbocycles. The zero-order valence-corrected chi connectivity index (χ0v) is 55.6. The summed E-state index contributed by atoms with van der Waals surface area (Å²) in [6.45, 7) is 12.7. The molecular formula is C85H84N4O6. The van der Waals surface area contributed by atoms with Gasteiger partial charge in [-0.05, 0) is 164 Å². The van der Waals surface area contributed by atoms with Gasteiger partial charge in [-0.3, -0.25) is 48.5 Å². The van der Waals surface area contributed by atoms with Crippen molar-refractivity contribution in [3.05, 3.63) is 234 Å². The molecule has 0 radical (unpaired) electrons. The Morgan fingerprint density at radius 1 is 0.284 bits per heavy atom. The van der Waals surface area contributed by atoms with Crippen LogP contribution >= 0.6 is 0 Å². The minimum atomic E-state index is -0.164. The summed E-state index contributed by atoms with van der Waals surface area (Å²) in [4.78, 5) is 89.8. The van der Waals surface area contributed by atoms with Crippen LogP contribution < -0.4 is 0 Å². The number of carbonyl (C=O) groups excluding carboxylic acids is 6. The number of aromatic nitrogens is 1. The smallest absolute Gasteiger partial charge is 0.261 e. The third kappa shape index (κ3) is 12.5. The van der Waals surface area contributed by atoms with Crippen LogP contribution in [0.25, 0.3) is 87.2 Å². The van der Waals surface area contributed by atoms with Crippen molar-refractivity contribution in [2.24, 2.45) is 0 Å². The monoisotopic (exact) mass is 1260 g/mol. The Bertz CT molecular complexity index is 4670. The van der Waals surface area contributed by atoms with E-state index in [-0.39, 0.29) is 53.6 Å². The molecule has 3 aliphatic rings.